The van der Waals surface area contributed by atoms with Crippen molar-refractivity contribution in [2.75, 3.05) is 18.5 Å². The zero-order chi connectivity index (χ0) is 15.2. The van der Waals surface area contributed by atoms with Gasteiger partial charge in [0.05, 0.1) is 0 Å². The smallest absolute Gasteiger partial charge is 0.123 e. The Morgan fingerprint density at radius 2 is 1.95 bits per heavy atom. The molecule has 0 unspecified atom stereocenters. The summed E-state index contributed by atoms with van der Waals surface area (Å²) in [5, 5.41) is 3.27. The maximum Gasteiger partial charge on any atom is 0.123 e. The number of hydrogen-bond donors (Lipinski definition) is 1. The van der Waals surface area contributed by atoms with E-state index in [1.165, 1.54) is 17.2 Å². The zero-order valence-corrected chi connectivity index (χ0v) is 13.0. The number of rotatable bonds is 6. The van der Waals surface area contributed by atoms with Crippen molar-refractivity contribution in [2.24, 2.45) is 0 Å². The van der Waals surface area contributed by atoms with Crippen LogP contribution in [-0.4, -0.2) is 13.6 Å². The Bertz CT molecular complexity index is 596. The van der Waals surface area contributed by atoms with Crippen LogP contribution in [0.2, 0.25) is 0 Å². The Balaban J connectivity index is 2.19. The number of anilines is 1. The molecule has 2 aromatic rings. The third-order valence-corrected chi connectivity index (χ3v) is 3.52. The van der Waals surface area contributed by atoms with Crippen LogP contribution in [0.3, 0.4) is 0 Å². The van der Waals surface area contributed by atoms with Gasteiger partial charge in [0.2, 0.25) is 0 Å². The second-order valence-corrected chi connectivity index (χ2v) is 5.40. The molecule has 0 spiro atoms. The fourth-order valence-corrected chi connectivity index (χ4v) is 2.50. The van der Waals surface area contributed by atoms with Gasteiger partial charge in [0.15, 0.2) is 0 Å². The van der Waals surface area contributed by atoms with E-state index in [4.69, 9.17) is 0 Å². The van der Waals surface area contributed by atoms with Gasteiger partial charge in [0.25, 0.3) is 0 Å². The second-order valence-electron chi connectivity index (χ2n) is 5.40. The van der Waals surface area contributed by atoms with E-state index >= 15 is 0 Å². The lowest BCUT2D eigenvalue weighted by Gasteiger charge is -2.23. The molecule has 0 saturated heterocycles. The Hall–Kier alpha value is -1.87. The maximum atomic E-state index is 13.5. The summed E-state index contributed by atoms with van der Waals surface area (Å²) in [6, 6.07) is 13.5. The zero-order valence-electron chi connectivity index (χ0n) is 13.0. The van der Waals surface area contributed by atoms with Crippen LogP contribution >= 0.6 is 0 Å². The van der Waals surface area contributed by atoms with Crippen LogP contribution in [0.5, 0.6) is 0 Å². The number of hydrogen-bond acceptors (Lipinski definition) is 2. The minimum atomic E-state index is -0.185. The lowest BCUT2D eigenvalue weighted by atomic mass is 10.1. The summed E-state index contributed by atoms with van der Waals surface area (Å²) in [5.41, 5.74) is 4.58. The lowest BCUT2D eigenvalue weighted by Crippen LogP contribution is -2.21. The normalized spacial score (nSPS) is 10.7. The highest BCUT2D eigenvalue weighted by atomic mass is 19.1. The number of nitrogens with zero attached hydrogens (tertiary/aromatic N) is 1. The monoisotopic (exact) mass is 286 g/mol. The van der Waals surface area contributed by atoms with Crippen molar-refractivity contribution in [3.05, 3.63) is 65.0 Å². The lowest BCUT2D eigenvalue weighted by molar-refractivity contribution is 0.621. The average Bonchev–Trinajstić information content (AvgIpc) is 2.45. The summed E-state index contributed by atoms with van der Waals surface area (Å²) in [5.74, 6) is -0.185. The molecular weight excluding hydrogens is 263 g/mol. The van der Waals surface area contributed by atoms with E-state index in [0.717, 1.165) is 24.3 Å². The third kappa shape index (κ3) is 4.30. The van der Waals surface area contributed by atoms with Gasteiger partial charge in [0, 0.05) is 25.8 Å². The first kappa shape index (κ1) is 15.5. The van der Waals surface area contributed by atoms with E-state index in [1.54, 1.807) is 6.07 Å². The second kappa shape index (κ2) is 7.23. The van der Waals surface area contributed by atoms with Crippen LogP contribution in [0.25, 0.3) is 0 Å². The van der Waals surface area contributed by atoms with Crippen LogP contribution in [0, 0.1) is 12.7 Å². The Morgan fingerprint density at radius 3 is 2.67 bits per heavy atom. The van der Waals surface area contributed by atoms with Crippen molar-refractivity contribution in [2.45, 2.75) is 26.9 Å². The van der Waals surface area contributed by atoms with E-state index < -0.39 is 0 Å². The van der Waals surface area contributed by atoms with Gasteiger partial charge < -0.3 is 10.2 Å². The first-order valence-electron chi connectivity index (χ1n) is 7.36. The van der Waals surface area contributed by atoms with E-state index in [9.17, 15) is 4.39 Å². The molecule has 2 nitrogen and oxygen atoms in total. The van der Waals surface area contributed by atoms with Crippen molar-refractivity contribution >= 4 is 5.69 Å². The molecule has 0 aliphatic rings. The summed E-state index contributed by atoms with van der Waals surface area (Å²) in [6.45, 7) is 6.51. The Morgan fingerprint density at radius 1 is 1.14 bits per heavy atom. The van der Waals surface area contributed by atoms with Crippen molar-refractivity contribution in [3.63, 3.8) is 0 Å². The van der Waals surface area contributed by atoms with E-state index in [0.29, 0.717) is 6.54 Å². The summed E-state index contributed by atoms with van der Waals surface area (Å²) in [6.07, 6.45) is 0. The van der Waals surface area contributed by atoms with Crippen molar-refractivity contribution in [1.29, 1.82) is 0 Å². The number of benzene rings is 2. The molecule has 0 aliphatic heterocycles. The molecular formula is C18H23FN2. The summed E-state index contributed by atoms with van der Waals surface area (Å²) in [4.78, 5) is 2.17. The summed E-state index contributed by atoms with van der Waals surface area (Å²) >= 11 is 0. The first-order valence-corrected chi connectivity index (χ1v) is 7.36. The molecule has 0 heterocycles. The summed E-state index contributed by atoms with van der Waals surface area (Å²) in [7, 11) is 2.05. The first-order chi connectivity index (χ1) is 10.1. The molecule has 0 fully saturated rings. The van der Waals surface area contributed by atoms with E-state index in [-0.39, 0.29) is 5.82 Å². The SMILES string of the molecule is CCNCc1cc(F)ccc1N(C)Cc1cccc(C)c1. The molecule has 0 saturated carbocycles. The fourth-order valence-electron chi connectivity index (χ4n) is 2.50. The van der Waals surface area contributed by atoms with Crippen LogP contribution < -0.4 is 10.2 Å². The van der Waals surface area contributed by atoms with Crippen LogP contribution in [0.1, 0.15) is 23.6 Å². The van der Waals surface area contributed by atoms with Crippen LogP contribution in [-0.2, 0) is 13.1 Å². The van der Waals surface area contributed by atoms with Gasteiger partial charge in [0.1, 0.15) is 5.82 Å². The molecule has 2 aromatic carbocycles. The topological polar surface area (TPSA) is 15.3 Å². The minimum Gasteiger partial charge on any atom is -0.370 e. The van der Waals surface area contributed by atoms with Crippen LogP contribution in [0.4, 0.5) is 10.1 Å². The maximum absolute atomic E-state index is 13.5. The highest BCUT2D eigenvalue weighted by Crippen LogP contribution is 2.22. The molecule has 0 amide bonds. The molecule has 0 bridgehead atoms. The van der Waals surface area contributed by atoms with Gasteiger partial charge in [-0.15, -0.1) is 0 Å². The highest BCUT2D eigenvalue weighted by Gasteiger charge is 2.09. The highest BCUT2D eigenvalue weighted by molar-refractivity contribution is 5.53. The largest absolute Gasteiger partial charge is 0.370 e. The van der Waals surface area contributed by atoms with Crippen molar-refractivity contribution in [3.8, 4) is 0 Å². The quantitative estimate of drug-likeness (QED) is 0.867. The van der Waals surface area contributed by atoms with Crippen molar-refractivity contribution in [1.82, 2.24) is 5.32 Å². The molecule has 112 valence electrons. The third-order valence-electron chi connectivity index (χ3n) is 3.52. The number of nitrogens with one attached hydrogen (secondary N) is 1. The van der Waals surface area contributed by atoms with Crippen molar-refractivity contribution < 1.29 is 4.39 Å². The Kier molecular flexibility index (Phi) is 5.34. The molecule has 21 heavy (non-hydrogen) atoms. The molecule has 0 atom stereocenters. The van der Waals surface area contributed by atoms with E-state index in [2.05, 4.69) is 48.3 Å². The van der Waals surface area contributed by atoms with Gasteiger partial charge in [-0.25, -0.2) is 4.39 Å². The number of aryl methyl sites for hydroxylation is 1. The van der Waals surface area contributed by atoms with Gasteiger partial charge in [-0.2, -0.15) is 0 Å². The molecule has 0 radical (unpaired) electrons. The van der Waals surface area contributed by atoms with Gasteiger partial charge in [-0.1, -0.05) is 36.8 Å². The van der Waals surface area contributed by atoms with E-state index in [1.807, 2.05) is 13.1 Å². The molecule has 3 heteroatoms. The van der Waals surface area contributed by atoms with Gasteiger partial charge in [-0.3, -0.25) is 0 Å². The predicted molar refractivity (Wildman–Crippen MR) is 87.1 cm³/mol. The van der Waals surface area contributed by atoms with Gasteiger partial charge >= 0.3 is 0 Å². The standard InChI is InChI=1S/C18H23FN2/c1-4-20-12-16-11-17(19)8-9-18(16)21(3)13-15-7-5-6-14(2)10-15/h5-11,20H,4,12-13H2,1-3H3. The predicted octanol–water partition coefficient (Wildman–Crippen LogP) is 3.88. The molecule has 0 aliphatic carbocycles. The molecule has 1 N–H and O–H groups in total. The Labute approximate surface area is 126 Å². The van der Waals surface area contributed by atoms with Gasteiger partial charge in [-0.05, 0) is 42.8 Å². The van der Waals surface area contributed by atoms with Crippen LogP contribution in [0.15, 0.2) is 42.5 Å². The number of halogens is 1. The molecule has 0 aromatic heterocycles. The molecule has 2 rings (SSSR count). The summed E-state index contributed by atoms with van der Waals surface area (Å²) < 4.78 is 13.5. The average molecular weight is 286 g/mol. The fraction of sp³-hybridized carbons (Fsp3) is 0.333. The minimum absolute atomic E-state index is 0.185.